The zero-order valence-corrected chi connectivity index (χ0v) is 19.3. The van der Waals surface area contributed by atoms with E-state index in [1.165, 1.54) is 18.0 Å². The normalized spacial score (nSPS) is 23.0. The standard InChI is InChI=1S/C18H29N4O11P/c1-10-9-22(18(29)20-15(10)27)17-12(33-34(19,30)31)8-11(32-17)16(28)21(6-2-4-13(23)24)7-3-5-14(25)26/h9,11-12,16-17,28H,2-8H2,1H3,(H,23,24)(H,25,26)(H3,19,30,31)(H,20,27,29)/t11-,12?,16?,17+/m0/s1. The molecule has 0 spiro atoms. The van der Waals surface area contributed by atoms with Gasteiger partial charge in [0.05, 0.1) is 0 Å². The molecular weight excluding hydrogens is 479 g/mol. The van der Waals surface area contributed by atoms with Crippen LogP contribution in [-0.4, -0.2) is 78.1 Å². The van der Waals surface area contributed by atoms with E-state index in [2.05, 4.69) is 4.98 Å². The van der Waals surface area contributed by atoms with Crippen LogP contribution in [0.1, 0.15) is 43.9 Å². The summed E-state index contributed by atoms with van der Waals surface area (Å²) in [5.74, 6) is -2.08. The zero-order valence-electron chi connectivity index (χ0n) is 18.4. The maximum Gasteiger partial charge on any atom is 0.400 e. The number of hydrogen-bond donors (Lipinski definition) is 6. The van der Waals surface area contributed by atoms with Gasteiger partial charge in [0.1, 0.15) is 18.4 Å². The second kappa shape index (κ2) is 11.8. The van der Waals surface area contributed by atoms with Crippen LogP contribution >= 0.6 is 7.75 Å². The molecule has 1 aliphatic heterocycles. The number of aromatic amines is 1. The van der Waals surface area contributed by atoms with E-state index in [9.17, 15) is 33.7 Å². The van der Waals surface area contributed by atoms with Crippen LogP contribution in [0.4, 0.5) is 0 Å². The van der Waals surface area contributed by atoms with Gasteiger partial charge in [-0.15, -0.1) is 0 Å². The van der Waals surface area contributed by atoms with Crippen LogP contribution in [0.2, 0.25) is 0 Å². The molecule has 1 aromatic heterocycles. The Labute approximate surface area is 193 Å². The monoisotopic (exact) mass is 508 g/mol. The van der Waals surface area contributed by atoms with Crippen LogP contribution in [-0.2, 0) is 23.4 Å². The first-order valence-electron chi connectivity index (χ1n) is 10.4. The van der Waals surface area contributed by atoms with Gasteiger partial charge in [0.25, 0.3) is 5.56 Å². The number of aliphatic carboxylic acids is 2. The van der Waals surface area contributed by atoms with Gasteiger partial charge in [0, 0.05) is 44.1 Å². The van der Waals surface area contributed by atoms with Crippen molar-refractivity contribution in [3.8, 4) is 0 Å². The van der Waals surface area contributed by atoms with Crippen molar-refractivity contribution in [2.75, 3.05) is 13.1 Å². The number of H-pyrrole nitrogens is 1. The minimum absolute atomic E-state index is 0.0935. The maximum atomic E-state index is 12.3. The number of nitrogens with zero attached hydrogens (tertiary/aromatic N) is 2. The van der Waals surface area contributed by atoms with Crippen molar-refractivity contribution in [3.63, 3.8) is 0 Å². The third-order valence-corrected chi connectivity index (χ3v) is 5.75. The summed E-state index contributed by atoms with van der Waals surface area (Å²) in [4.78, 5) is 58.8. The fraction of sp³-hybridized carbons (Fsp3) is 0.667. The van der Waals surface area contributed by atoms with Crippen molar-refractivity contribution in [3.05, 3.63) is 32.6 Å². The first kappa shape index (κ1) is 27.9. The smallest absolute Gasteiger partial charge is 0.400 e. The molecule has 0 amide bonds. The molecule has 15 nitrogen and oxygen atoms in total. The second-order valence-corrected chi connectivity index (χ2v) is 9.27. The van der Waals surface area contributed by atoms with E-state index in [1.807, 2.05) is 0 Å². The van der Waals surface area contributed by atoms with Gasteiger partial charge >= 0.3 is 25.4 Å². The highest BCUT2D eigenvalue weighted by Gasteiger charge is 2.44. The molecule has 1 saturated heterocycles. The molecule has 0 radical (unpaired) electrons. The van der Waals surface area contributed by atoms with Gasteiger partial charge in [-0.1, -0.05) is 0 Å². The molecular formula is C18H29N4O11P. The molecule has 5 atom stereocenters. The highest BCUT2D eigenvalue weighted by Crippen LogP contribution is 2.42. The number of nitrogens with one attached hydrogen (secondary N) is 1. The molecule has 192 valence electrons. The number of carbonyl (C=O) groups is 2. The number of aliphatic hydroxyl groups is 1. The lowest BCUT2D eigenvalue weighted by molar-refractivity contribution is -0.139. The lowest BCUT2D eigenvalue weighted by atomic mass is 10.1. The SMILES string of the molecule is Cc1cn([C@@H]2O[C@H](C(O)N(CCCC(=O)O)CCCC(=O)O)CC2OP(N)(=O)O)c(=O)[nH]c1=O. The molecule has 34 heavy (non-hydrogen) atoms. The number of ether oxygens (including phenoxy) is 1. The molecule has 0 aromatic carbocycles. The van der Waals surface area contributed by atoms with Crippen molar-refractivity contribution >= 4 is 19.7 Å². The predicted molar refractivity (Wildman–Crippen MR) is 115 cm³/mol. The average molecular weight is 508 g/mol. The van der Waals surface area contributed by atoms with Gasteiger partial charge in [-0.05, 0) is 19.8 Å². The van der Waals surface area contributed by atoms with Gasteiger partial charge in [-0.3, -0.25) is 33.4 Å². The minimum Gasteiger partial charge on any atom is -0.481 e. The fourth-order valence-corrected chi connectivity index (χ4v) is 4.22. The van der Waals surface area contributed by atoms with Gasteiger partial charge in [-0.2, -0.15) is 0 Å². The summed E-state index contributed by atoms with van der Waals surface area (Å²) in [7, 11) is -4.54. The third-order valence-electron chi connectivity index (χ3n) is 5.18. The van der Waals surface area contributed by atoms with Crippen molar-refractivity contribution in [1.29, 1.82) is 0 Å². The molecule has 0 bridgehead atoms. The fourth-order valence-electron chi connectivity index (χ4n) is 3.65. The Balaban J connectivity index is 2.28. The van der Waals surface area contributed by atoms with Gasteiger partial charge < -0.3 is 24.9 Å². The van der Waals surface area contributed by atoms with E-state index in [-0.39, 0.29) is 50.8 Å². The van der Waals surface area contributed by atoms with Gasteiger partial charge in [0.2, 0.25) is 0 Å². The van der Waals surface area contributed by atoms with E-state index >= 15 is 0 Å². The van der Waals surface area contributed by atoms with E-state index in [0.717, 1.165) is 4.57 Å². The highest BCUT2D eigenvalue weighted by molar-refractivity contribution is 7.50. The van der Waals surface area contributed by atoms with Crippen LogP contribution in [0.3, 0.4) is 0 Å². The van der Waals surface area contributed by atoms with Crippen molar-refractivity contribution < 1.29 is 43.6 Å². The molecule has 7 N–H and O–H groups in total. The summed E-state index contributed by atoms with van der Waals surface area (Å²) in [6.45, 7) is 1.62. The molecule has 1 aliphatic rings. The van der Waals surface area contributed by atoms with Crippen LogP contribution in [0, 0.1) is 6.92 Å². The van der Waals surface area contributed by atoms with E-state index in [0.29, 0.717) is 0 Å². The second-order valence-electron chi connectivity index (χ2n) is 7.93. The number of carboxylic acid groups (broad SMARTS) is 2. The number of aromatic nitrogens is 2. The summed E-state index contributed by atoms with van der Waals surface area (Å²) in [6.07, 6.45) is -4.14. The Morgan fingerprint density at radius 1 is 1.29 bits per heavy atom. The van der Waals surface area contributed by atoms with E-state index < -0.39 is 55.6 Å². The Hall–Kier alpha value is -2.39. The largest absolute Gasteiger partial charge is 0.481 e. The zero-order chi connectivity index (χ0) is 25.6. The van der Waals surface area contributed by atoms with Gasteiger partial charge in [-0.25, -0.2) is 14.9 Å². The first-order chi connectivity index (χ1) is 15.8. The Kier molecular flexibility index (Phi) is 9.70. The molecule has 1 aromatic rings. The summed E-state index contributed by atoms with van der Waals surface area (Å²) in [5.41, 5.74) is 3.75. The number of aryl methyl sites for hydroxylation is 1. The van der Waals surface area contributed by atoms with Crippen molar-refractivity contribution in [2.45, 2.75) is 63.7 Å². The molecule has 16 heteroatoms. The number of hydrogen-bond acceptors (Lipinski definition) is 9. The molecule has 0 aliphatic carbocycles. The summed E-state index contributed by atoms with van der Waals surface area (Å²) >= 11 is 0. The van der Waals surface area contributed by atoms with Crippen LogP contribution in [0.15, 0.2) is 15.8 Å². The number of nitrogens with two attached hydrogens (primary N) is 1. The Morgan fingerprint density at radius 2 is 1.85 bits per heavy atom. The number of aliphatic hydroxyl groups excluding tert-OH is 1. The summed E-state index contributed by atoms with van der Waals surface area (Å²) < 4.78 is 23.4. The Bertz CT molecular complexity index is 1020. The summed E-state index contributed by atoms with van der Waals surface area (Å²) in [6, 6.07) is 0. The molecule has 0 saturated carbocycles. The van der Waals surface area contributed by atoms with Crippen LogP contribution in [0.25, 0.3) is 0 Å². The quantitative estimate of drug-likeness (QED) is 0.138. The lowest BCUT2D eigenvalue weighted by Crippen LogP contribution is -2.45. The minimum atomic E-state index is -4.54. The van der Waals surface area contributed by atoms with Crippen LogP contribution < -0.4 is 16.8 Å². The molecule has 1 fully saturated rings. The van der Waals surface area contributed by atoms with Crippen molar-refractivity contribution in [1.82, 2.24) is 14.5 Å². The number of carboxylic acids is 2. The topological polar surface area (TPSA) is 235 Å². The molecule has 3 unspecified atom stereocenters. The summed E-state index contributed by atoms with van der Waals surface area (Å²) in [5, 5.41) is 28.7. The third kappa shape index (κ3) is 8.13. The number of rotatable bonds is 13. The molecule has 2 rings (SSSR count). The van der Waals surface area contributed by atoms with E-state index in [1.54, 1.807) is 0 Å². The lowest BCUT2D eigenvalue weighted by Gasteiger charge is -2.31. The predicted octanol–water partition coefficient (Wildman–Crippen LogP) is -1.07. The highest BCUT2D eigenvalue weighted by atomic mass is 31.2. The van der Waals surface area contributed by atoms with Crippen molar-refractivity contribution in [2.24, 2.45) is 5.50 Å². The van der Waals surface area contributed by atoms with Crippen LogP contribution in [0.5, 0.6) is 0 Å². The Morgan fingerprint density at radius 3 is 2.35 bits per heavy atom. The molecule has 2 heterocycles. The first-order valence-corrected chi connectivity index (χ1v) is 12.1. The maximum absolute atomic E-state index is 12.3. The van der Waals surface area contributed by atoms with Gasteiger partial charge in [0.15, 0.2) is 6.23 Å². The van der Waals surface area contributed by atoms with E-state index in [4.69, 9.17) is 25.0 Å². The average Bonchev–Trinajstić information content (AvgIpc) is 3.10.